The largest absolute Gasteiger partial charge is 0.463 e. The molecule has 0 aliphatic heterocycles. The van der Waals surface area contributed by atoms with Gasteiger partial charge in [-0.15, -0.1) is 0 Å². The molecule has 0 bridgehead atoms. The number of halogens is 1. The molecule has 2 N–H and O–H groups in total. The van der Waals surface area contributed by atoms with Crippen molar-refractivity contribution in [1.29, 1.82) is 0 Å². The number of carbonyl (C=O) groups excluding carboxylic acids is 1. The summed E-state index contributed by atoms with van der Waals surface area (Å²) in [5.74, 6) is -0.983. The van der Waals surface area contributed by atoms with Crippen LogP contribution in [0.1, 0.15) is 77.7 Å². The van der Waals surface area contributed by atoms with E-state index >= 15 is 4.39 Å². The maximum absolute atomic E-state index is 15.1. The average Bonchev–Trinajstić information content (AvgIpc) is 3.35. The van der Waals surface area contributed by atoms with Crippen LogP contribution in [0, 0.1) is 5.82 Å². The predicted octanol–water partition coefficient (Wildman–Crippen LogP) is 4.21. The lowest BCUT2D eigenvalue weighted by Gasteiger charge is -2.25. The van der Waals surface area contributed by atoms with Crippen molar-refractivity contribution in [3.63, 3.8) is 0 Å². The molecule has 2 saturated carbocycles. The molecular weight excluding hydrogens is 451 g/mol. The Labute approximate surface area is 204 Å². The minimum atomic E-state index is -0.605. The third kappa shape index (κ3) is 5.60. The van der Waals surface area contributed by atoms with Gasteiger partial charge in [-0.1, -0.05) is 32.1 Å². The quantitative estimate of drug-likeness (QED) is 0.429. The van der Waals surface area contributed by atoms with E-state index in [1.54, 1.807) is 24.5 Å². The van der Waals surface area contributed by atoms with E-state index in [0.717, 1.165) is 56.0 Å². The molecule has 2 fully saturated rings. The lowest BCUT2D eigenvalue weighted by molar-refractivity contribution is -0.137. The van der Waals surface area contributed by atoms with E-state index in [9.17, 15) is 14.4 Å². The fraction of sp³-hybridized carbons (Fsp3) is 0.577. The van der Waals surface area contributed by atoms with Crippen LogP contribution in [0.3, 0.4) is 0 Å². The third-order valence-corrected chi connectivity index (χ3v) is 7.00. The molecule has 35 heavy (non-hydrogen) atoms. The number of esters is 1. The summed E-state index contributed by atoms with van der Waals surface area (Å²) in [6, 6.07) is 3.02. The zero-order chi connectivity index (χ0) is 24.9. The van der Waals surface area contributed by atoms with Gasteiger partial charge in [0.05, 0.1) is 29.7 Å². The first-order valence-corrected chi connectivity index (χ1v) is 12.7. The molecule has 0 spiro atoms. The Hall–Kier alpha value is -3.10. The Bertz CT molecular complexity index is 1220. The van der Waals surface area contributed by atoms with Gasteiger partial charge in [-0.3, -0.25) is 9.36 Å². The van der Waals surface area contributed by atoms with Crippen molar-refractivity contribution in [2.45, 2.75) is 83.7 Å². The Balaban J connectivity index is 1.74. The molecule has 2 aliphatic carbocycles. The van der Waals surface area contributed by atoms with Gasteiger partial charge >= 0.3 is 11.7 Å². The molecule has 1 aromatic carbocycles. The molecule has 0 unspecified atom stereocenters. The number of rotatable bonds is 8. The van der Waals surface area contributed by atoms with Gasteiger partial charge in [0, 0.05) is 18.2 Å². The zero-order valence-electron chi connectivity index (χ0n) is 20.6. The number of benzene rings is 1. The molecule has 8 nitrogen and oxygen atoms in total. The van der Waals surface area contributed by atoms with E-state index in [2.05, 4.69) is 10.7 Å². The molecule has 190 valence electrons. The second-order valence-corrected chi connectivity index (χ2v) is 9.64. The maximum atomic E-state index is 15.1. The fourth-order valence-electron chi connectivity index (χ4n) is 5.22. The predicted molar refractivity (Wildman–Crippen MR) is 135 cm³/mol. The molecule has 2 aliphatic rings. The van der Waals surface area contributed by atoms with E-state index in [4.69, 9.17) is 4.74 Å². The van der Waals surface area contributed by atoms with Crippen LogP contribution >= 0.6 is 0 Å². The van der Waals surface area contributed by atoms with Gasteiger partial charge in [-0.05, 0) is 57.2 Å². The molecule has 0 radical (unpaired) electrons. The number of nitrogens with zero attached hydrogens (tertiary/aromatic N) is 2. The Morgan fingerprint density at radius 3 is 2.49 bits per heavy atom. The number of hydrogen-bond donors (Lipinski definition) is 2. The number of fused-ring (bicyclic) bond motifs is 1. The van der Waals surface area contributed by atoms with Gasteiger partial charge in [-0.2, -0.15) is 4.68 Å². The second kappa shape index (κ2) is 11.1. The van der Waals surface area contributed by atoms with Gasteiger partial charge in [0.25, 0.3) is 5.56 Å². The molecular formula is C26H35FN4O4. The van der Waals surface area contributed by atoms with Crippen LogP contribution in [-0.2, 0) is 9.53 Å². The van der Waals surface area contributed by atoms with Crippen molar-refractivity contribution < 1.29 is 13.9 Å². The van der Waals surface area contributed by atoms with E-state index in [1.807, 2.05) is 0 Å². The topological polar surface area (TPSA) is 94.4 Å². The highest BCUT2D eigenvalue weighted by Gasteiger charge is 2.25. The van der Waals surface area contributed by atoms with Crippen LogP contribution in [0.2, 0.25) is 0 Å². The molecule has 0 saturated heterocycles. The molecule has 1 heterocycles. The average molecular weight is 487 g/mol. The number of hydrogen-bond acceptors (Lipinski definition) is 6. The van der Waals surface area contributed by atoms with Crippen molar-refractivity contribution in [2.24, 2.45) is 0 Å². The van der Waals surface area contributed by atoms with Crippen molar-refractivity contribution in [1.82, 2.24) is 9.24 Å². The fourth-order valence-corrected chi connectivity index (χ4v) is 5.22. The van der Waals surface area contributed by atoms with Crippen LogP contribution in [0.15, 0.2) is 33.4 Å². The first-order chi connectivity index (χ1) is 16.9. The highest BCUT2D eigenvalue weighted by atomic mass is 19.1. The van der Waals surface area contributed by atoms with Gasteiger partial charge in [0.2, 0.25) is 0 Å². The first kappa shape index (κ1) is 25.0. The second-order valence-electron chi connectivity index (χ2n) is 9.64. The number of ether oxygens (including phenoxy) is 1. The summed E-state index contributed by atoms with van der Waals surface area (Å²) in [6.45, 7) is 3.77. The summed E-state index contributed by atoms with van der Waals surface area (Å²) >= 11 is 0. The van der Waals surface area contributed by atoms with Gasteiger partial charge in [-0.25, -0.2) is 14.0 Å². The summed E-state index contributed by atoms with van der Waals surface area (Å²) in [7, 11) is 0. The number of carbonyl (C=O) groups is 1. The van der Waals surface area contributed by atoms with E-state index in [-0.39, 0.29) is 30.6 Å². The summed E-state index contributed by atoms with van der Waals surface area (Å²) in [5.41, 5.74) is 3.16. The monoisotopic (exact) mass is 486 g/mol. The maximum Gasteiger partial charge on any atom is 0.350 e. The summed E-state index contributed by atoms with van der Waals surface area (Å²) in [4.78, 5) is 38.6. The van der Waals surface area contributed by atoms with Crippen LogP contribution in [-0.4, -0.2) is 34.4 Å². The lowest BCUT2D eigenvalue weighted by Crippen LogP contribution is -2.46. The Kier molecular flexibility index (Phi) is 7.93. The summed E-state index contributed by atoms with van der Waals surface area (Å²) in [6.07, 6.45) is 10.4. The first-order valence-electron chi connectivity index (χ1n) is 12.7. The molecule has 2 aromatic rings. The smallest absolute Gasteiger partial charge is 0.350 e. The van der Waals surface area contributed by atoms with Crippen LogP contribution in [0.25, 0.3) is 10.9 Å². The lowest BCUT2D eigenvalue weighted by atomic mass is 9.95. The van der Waals surface area contributed by atoms with Crippen molar-refractivity contribution >= 4 is 22.6 Å². The van der Waals surface area contributed by atoms with Gasteiger partial charge in [0.1, 0.15) is 5.82 Å². The number of anilines is 1. The Morgan fingerprint density at radius 2 is 1.80 bits per heavy atom. The molecule has 0 amide bonds. The highest BCUT2D eigenvalue weighted by molar-refractivity contribution is 5.83. The minimum absolute atomic E-state index is 0.0530. The van der Waals surface area contributed by atoms with Crippen LogP contribution in [0.5, 0.6) is 0 Å². The molecule has 0 atom stereocenters. The highest BCUT2D eigenvalue weighted by Crippen LogP contribution is 2.32. The van der Waals surface area contributed by atoms with E-state index < -0.39 is 23.0 Å². The summed E-state index contributed by atoms with van der Waals surface area (Å²) in [5, 5.41) is 3.47. The SMILES string of the molecule is CCOC(=O)C=C(C)CNn1c(=O)c2cc(F)c(NC3CCCCC3)cc2n(C2CCCC2)c1=O. The molecule has 1 aromatic heterocycles. The number of nitrogens with one attached hydrogen (secondary N) is 2. The third-order valence-electron chi connectivity index (χ3n) is 7.00. The van der Waals surface area contributed by atoms with Crippen LogP contribution in [0.4, 0.5) is 10.1 Å². The van der Waals surface area contributed by atoms with Gasteiger partial charge in [0.15, 0.2) is 0 Å². The normalized spacial score (nSPS) is 17.6. The number of aromatic nitrogens is 2. The molecule has 9 heteroatoms. The molecule has 4 rings (SSSR count). The zero-order valence-corrected chi connectivity index (χ0v) is 20.6. The van der Waals surface area contributed by atoms with E-state index in [0.29, 0.717) is 16.8 Å². The minimum Gasteiger partial charge on any atom is -0.463 e. The standard InChI is InChI=1S/C26H35FN4O4/c1-3-35-24(32)13-17(2)16-28-31-25(33)20-14-21(27)22(29-18-9-5-4-6-10-18)15-23(20)30(26(31)34)19-11-7-8-12-19/h13-15,18-19,28-29H,3-12,16H2,1-2H3. The van der Waals surface area contributed by atoms with Crippen molar-refractivity contribution in [2.75, 3.05) is 23.9 Å². The van der Waals surface area contributed by atoms with Crippen LogP contribution < -0.4 is 22.0 Å². The van der Waals surface area contributed by atoms with E-state index in [1.165, 1.54) is 18.6 Å². The Morgan fingerprint density at radius 1 is 1.11 bits per heavy atom. The summed E-state index contributed by atoms with van der Waals surface area (Å²) < 4.78 is 22.6. The van der Waals surface area contributed by atoms with Crippen molar-refractivity contribution in [3.8, 4) is 0 Å². The van der Waals surface area contributed by atoms with Crippen molar-refractivity contribution in [3.05, 3.63) is 50.4 Å². The van der Waals surface area contributed by atoms with Gasteiger partial charge < -0.3 is 15.5 Å².